The lowest BCUT2D eigenvalue weighted by Gasteiger charge is -2.20. The first-order valence-corrected chi connectivity index (χ1v) is 8.44. The van der Waals surface area contributed by atoms with Crippen molar-refractivity contribution in [2.24, 2.45) is 0 Å². The molecule has 0 fully saturated rings. The van der Waals surface area contributed by atoms with Crippen LogP contribution in [0.25, 0.3) is 0 Å². The van der Waals surface area contributed by atoms with Crippen LogP contribution in [0.15, 0.2) is 30.3 Å². The fraction of sp³-hybridized carbons (Fsp3) is 0.474. The van der Waals surface area contributed by atoms with Crippen LogP contribution in [-0.2, 0) is 17.8 Å². The van der Waals surface area contributed by atoms with E-state index in [0.717, 1.165) is 36.5 Å². The second-order valence-electron chi connectivity index (χ2n) is 6.45. The Morgan fingerprint density at radius 1 is 1.12 bits per heavy atom. The summed E-state index contributed by atoms with van der Waals surface area (Å²) >= 11 is 0. The van der Waals surface area contributed by atoms with Crippen LogP contribution in [0.5, 0.6) is 0 Å². The Kier molecular flexibility index (Phi) is 6.55. The van der Waals surface area contributed by atoms with E-state index < -0.39 is 0 Å². The van der Waals surface area contributed by atoms with E-state index in [1.807, 2.05) is 44.3 Å². The number of nitrogens with one attached hydrogen (secondary N) is 1. The first-order chi connectivity index (χ1) is 11.5. The number of nitrogens with zero attached hydrogens (tertiary/aromatic N) is 3. The molecule has 2 aromatic rings. The van der Waals surface area contributed by atoms with E-state index in [1.165, 1.54) is 5.56 Å². The number of hydrogen-bond acceptors (Lipinski definition) is 3. The zero-order chi connectivity index (χ0) is 17.5. The molecule has 24 heavy (non-hydrogen) atoms. The number of aromatic nitrogens is 2. The molecule has 1 N–H and O–H groups in total. The van der Waals surface area contributed by atoms with Crippen LogP contribution in [0, 0.1) is 13.8 Å². The Hall–Kier alpha value is -2.14. The topological polar surface area (TPSA) is 52.2 Å². The van der Waals surface area contributed by atoms with Gasteiger partial charge in [0.15, 0.2) is 0 Å². The van der Waals surface area contributed by atoms with Gasteiger partial charge in [0.25, 0.3) is 0 Å². The van der Waals surface area contributed by atoms with Crippen LogP contribution in [0.4, 0.5) is 0 Å². The fourth-order valence-corrected chi connectivity index (χ4v) is 2.78. The highest BCUT2D eigenvalue weighted by molar-refractivity contribution is 5.76. The quantitative estimate of drug-likeness (QED) is 0.810. The van der Waals surface area contributed by atoms with Gasteiger partial charge in [0.05, 0.1) is 5.69 Å². The van der Waals surface area contributed by atoms with E-state index in [9.17, 15) is 4.79 Å². The minimum absolute atomic E-state index is 0.182. The molecule has 1 aromatic heterocycles. The smallest absolute Gasteiger partial charge is 0.223 e. The summed E-state index contributed by atoms with van der Waals surface area (Å²) in [6, 6.07) is 10.1. The minimum Gasteiger partial charge on any atom is -0.341 e. The summed E-state index contributed by atoms with van der Waals surface area (Å²) in [5.74, 6) is 0.182. The summed E-state index contributed by atoms with van der Waals surface area (Å²) in [5, 5.41) is 7.25. The molecule has 2 rings (SSSR count). The number of benzene rings is 1. The van der Waals surface area contributed by atoms with Gasteiger partial charge in [-0.1, -0.05) is 30.3 Å². The molecule has 0 radical (unpaired) electrons. The molecule has 0 bridgehead atoms. The van der Waals surface area contributed by atoms with Crippen molar-refractivity contribution in [3.05, 3.63) is 52.8 Å². The van der Waals surface area contributed by atoms with E-state index in [-0.39, 0.29) is 5.91 Å². The Morgan fingerprint density at radius 3 is 2.46 bits per heavy atom. The normalized spacial score (nSPS) is 11.0. The van der Waals surface area contributed by atoms with Crippen LogP contribution >= 0.6 is 0 Å². The number of rotatable bonds is 8. The number of carbonyl (C=O) groups excluding carboxylic acids is 1. The highest BCUT2D eigenvalue weighted by Crippen LogP contribution is 2.10. The monoisotopic (exact) mass is 328 g/mol. The summed E-state index contributed by atoms with van der Waals surface area (Å²) in [6.45, 7) is 6.44. The van der Waals surface area contributed by atoms with Crippen LogP contribution in [0.1, 0.15) is 28.9 Å². The molecule has 0 unspecified atom stereocenters. The van der Waals surface area contributed by atoms with Gasteiger partial charge < -0.3 is 9.80 Å². The van der Waals surface area contributed by atoms with E-state index in [1.54, 1.807) is 4.90 Å². The molecule has 1 heterocycles. The molecular formula is C19H28N4O. The predicted molar refractivity (Wildman–Crippen MR) is 96.8 cm³/mol. The van der Waals surface area contributed by atoms with Gasteiger partial charge in [-0.05, 0) is 38.4 Å². The third-order valence-corrected chi connectivity index (χ3v) is 4.42. The van der Waals surface area contributed by atoms with Crippen molar-refractivity contribution in [1.29, 1.82) is 0 Å². The van der Waals surface area contributed by atoms with Gasteiger partial charge in [-0.3, -0.25) is 9.89 Å². The Bertz CT molecular complexity index is 631. The zero-order valence-electron chi connectivity index (χ0n) is 15.2. The molecule has 1 aromatic carbocycles. The highest BCUT2D eigenvalue weighted by atomic mass is 16.2. The van der Waals surface area contributed by atoms with Gasteiger partial charge in [-0.15, -0.1) is 0 Å². The Morgan fingerprint density at radius 2 is 1.83 bits per heavy atom. The third kappa shape index (κ3) is 5.20. The maximum atomic E-state index is 12.3. The molecule has 0 saturated carbocycles. The largest absolute Gasteiger partial charge is 0.341 e. The summed E-state index contributed by atoms with van der Waals surface area (Å²) < 4.78 is 0. The SMILES string of the molecule is Cc1n[nH]c(C)c1CCN(C)CCC(=O)N(C)Cc1ccccc1. The maximum Gasteiger partial charge on any atom is 0.223 e. The number of aryl methyl sites for hydroxylation is 2. The van der Waals surface area contributed by atoms with Gasteiger partial charge in [0, 0.05) is 38.8 Å². The average Bonchev–Trinajstić information content (AvgIpc) is 2.90. The molecule has 130 valence electrons. The van der Waals surface area contributed by atoms with E-state index in [4.69, 9.17) is 0 Å². The van der Waals surface area contributed by atoms with Gasteiger partial charge in [-0.25, -0.2) is 0 Å². The van der Waals surface area contributed by atoms with E-state index in [0.29, 0.717) is 13.0 Å². The highest BCUT2D eigenvalue weighted by Gasteiger charge is 2.12. The number of likely N-dealkylation sites (N-methyl/N-ethyl adjacent to an activating group) is 1. The molecule has 0 saturated heterocycles. The van der Waals surface area contributed by atoms with Crippen molar-refractivity contribution >= 4 is 5.91 Å². The summed E-state index contributed by atoms with van der Waals surface area (Å²) in [7, 11) is 3.93. The lowest BCUT2D eigenvalue weighted by molar-refractivity contribution is -0.130. The van der Waals surface area contributed by atoms with Crippen LogP contribution in [-0.4, -0.2) is 53.1 Å². The Balaban J connectivity index is 1.72. The lowest BCUT2D eigenvalue weighted by Crippen LogP contribution is -2.31. The Labute approximate surface area is 144 Å². The molecule has 0 aliphatic rings. The van der Waals surface area contributed by atoms with Gasteiger partial charge in [0.2, 0.25) is 5.91 Å². The second-order valence-corrected chi connectivity index (χ2v) is 6.45. The van der Waals surface area contributed by atoms with Gasteiger partial charge in [0.1, 0.15) is 0 Å². The maximum absolute atomic E-state index is 12.3. The van der Waals surface area contributed by atoms with Crippen molar-refractivity contribution < 1.29 is 4.79 Å². The molecule has 1 amide bonds. The summed E-state index contributed by atoms with van der Waals surface area (Å²) in [4.78, 5) is 16.3. The number of carbonyl (C=O) groups is 1. The minimum atomic E-state index is 0.182. The van der Waals surface area contributed by atoms with Crippen LogP contribution < -0.4 is 0 Å². The molecule has 0 aliphatic carbocycles. The van der Waals surface area contributed by atoms with Crippen LogP contribution in [0.3, 0.4) is 0 Å². The number of hydrogen-bond donors (Lipinski definition) is 1. The number of aromatic amines is 1. The molecule has 5 nitrogen and oxygen atoms in total. The first kappa shape index (κ1) is 18.2. The van der Waals surface area contributed by atoms with Gasteiger partial charge in [-0.2, -0.15) is 5.10 Å². The number of H-pyrrole nitrogens is 1. The molecule has 0 spiro atoms. The van der Waals surface area contributed by atoms with Crippen LogP contribution in [0.2, 0.25) is 0 Å². The van der Waals surface area contributed by atoms with Crippen molar-refractivity contribution in [2.45, 2.75) is 33.2 Å². The van der Waals surface area contributed by atoms with Crippen molar-refractivity contribution in [3.8, 4) is 0 Å². The van der Waals surface area contributed by atoms with Crippen molar-refractivity contribution in [2.75, 3.05) is 27.2 Å². The average molecular weight is 328 g/mol. The predicted octanol–water partition coefficient (Wildman–Crippen LogP) is 2.55. The summed E-state index contributed by atoms with van der Waals surface area (Å²) in [6.07, 6.45) is 1.50. The molecule has 5 heteroatoms. The lowest BCUT2D eigenvalue weighted by atomic mass is 10.1. The standard InChI is InChI=1S/C19H28N4O/c1-15-18(16(2)21-20-15)10-12-22(3)13-11-19(24)23(4)14-17-8-6-5-7-9-17/h5-9H,10-14H2,1-4H3,(H,20,21). The fourth-order valence-electron chi connectivity index (χ4n) is 2.78. The molecule has 0 atom stereocenters. The second kappa shape index (κ2) is 8.64. The summed E-state index contributed by atoms with van der Waals surface area (Å²) in [5.41, 5.74) is 4.65. The third-order valence-electron chi connectivity index (χ3n) is 4.42. The van der Waals surface area contributed by atoms with Crippen molar-refractivity contribution in [1.82, 2.24) is 20.0 Å². The zero-order valence-corrected chi connectivity index (χ0v) is 15.2. The first-order valence-electron chi connectivity index (χ1n) is 8.44. The van der Waals surface area contributed by atoms with Crippen molar-refractivity contribution in [3.63, 3.8) is 0 Å². The van der Waals surface area contributed by atoms with Gasteiger partial charge >= 0.3 is 0 Å². The molecular weight excluding hydrogens is 300 g/mol. The van der Waals surface area contributed by atoms with E-state index in [2.05, 4.69) is 29.1 Å². The molecule has 0 aliphatic heterocycles. The van der Waals surface area contributed by atoms with E-state index >= 15 is 0 Å². The number of amides is 1.